The molecule has 9 N–H and O–H groups in total. The van der Waals surface area contributed by atoms with E-state index in [0.717, 1.165) is 83.5 Å². The number of alkyl halides is 2. The number of aliphatic hydroxyl groups excluding tert-OH is 2. The minimum atomic E-state index is -4.67. The average Bonchev–Trinajstić information content (AvgIpc) is 3.31. The number of piperidine rings is 6. The number of carboxylic acids is 1. The first kappa shape index (κ1) is 51.3. The molecule has 0 amide bonds. The maximum absolute atomic E-state index is 12.1. The second-order valence-corrected chi connectivity index (χ2v) is 17.8. The molecule has 6 saturated heterocycles. The largest absolute Gasteiger partial charge is 0.497 e. The van der Waals surface area contributed by atoms with Gasteiger partial charge in [-0.1, -0.05) is 12.2 Å². The number of methoxy groups -OCH3 is 2. The lowest BCUT2D eigenvalue weighted by Gasteiger charge is -2.50. The number of hydrogen-bond acceptors (Lipinski definition) is 13. The van der Waals surface area contributed by atoms with E-state index in [9.17, 15) is 23.8 Å². The van der Waals surface area contributed by atoms with Crippen LogP contribution in [0.25, 0.3) is 21.8 Å². The van der Waals surface area contributed by atoms with Crippen molar-refractivity contribution in [2.45, 2.75) is 74.8 Å². The van der Waals surface area contributed by atoms with Gasteiger partial charge in [0.25, 0.3) is 6.43 Å². The minimum absolute atomic E-state index is 0.152. The van der Waals surface area contributed by atoms with Gasteiger partial charge in [0.2, 0.25) is 0 Å². The summed E-state index contributed by atoms with van der Waals surface area (Å²) in [6.45, 7) is 12.3. The van der Waals surface area contributed by atoms with Crippen molar-refractivity contribution in [3.05, 3.63) is 97.4 Å². The number of nitrogens with two attached hydrogens (primary N) is 2. The molecule has 0 spiro atoms. The first-order chi connectivity index (χ1) is 30.9. The summed E-state index contributed by atoms with van der Waals surface area (Å²) in [4.78, 5) is 24.0. The SMILES string of the molecule is C=C[C@H]1CN2CC[C@H]1C[C@H]2[C@H](O)c1ccnc2ccc(OC)cc12.C=C[C@H]1CN2CC[C@H]1C[C@H]2[C@H](O)c1ccnc2ccc(OC)cc12.NCCCC(N)(C(=O)O)C(F)F.O=S(=O)(O)O. The third-order valence-electron chi connectivity index (χ3n) is 13.2. The van der Waals surface area contributed by atoms with Crippen molar-refractivity contribution in [3.8, 4) is 11.5 Å². The van der Waals surface area contributed by atoms with Gasteiger partial charge in [0.15, 0.2) is 5.54 Å². The Hall–Kier alpha value is -4.70. The molecule has 10 rings (SSSR count). The topological polar surface area (TPSA) is 255 Å². The third kappa shape index (κ3) is 12.6. The zero-order valence-electron chi connectivity index (χ0n) is 36.7. The minimum Gasteiger partial charge on any atom is -0.497 e. The molecule has 65 heavy (non-hydrogen) atoms. The van der Waals surface area contributed by atoms with E-state index in [1.165, 1.54) is 12.8 Å². The molecule has 6 aliphatic heterocycles. The number of carboxylic acid groups (broad SMARTS) is 1. The molecule has 356 valence electrons. The van der Waals surface area contributed by atoms with Crippen LogP contribution in [0.1, 0.15) is 61.9 Å². The van der Waals surface area contributed by atoms with Crippen LogP contribution in [0.2, 0.25) is 0 Å². The number of aromatic nitrogens is 2. The van der Waals surface area contributed by atoms with Gasteiger partial charge in [-0.3, -0.25) is 28.9 Å². The van der Waals surface area contributed by atoms with Crippen LogP contribution in [0.15, 0.2) is 86.2 Å². The van der Waals surface area contributed by atoms with Gasteiger partial charge in [0.1, 0.15) is 11.5 Å². The number of aliphatic hydroxyl groups is 2. The van der Waals surface area contributed by atoms with Crippen molar-refractivity contribution in [3.63, 3.8) is 0 Å². The first-order valence-corrected chi connectivity index (χ1v) is 22.9. The molecule has 0 saturated carbocycles. The Morgan fingerprint density at radius 2 is 1.26 bits per heavy atom. The number of halogens is 2. The number of pyridine rings is 2. The number of rotatable bonds is 13. The standard InChI is InChI=1S/2C20H24N2O2.C6H12F2N2O2.H2O4S/c2*1-3-13-12-22-9-7-14(13)10-19(22)20(23)16-6-8-21-18-5-4-15(24-2)11-17(16)18;7-4(8)6(10,5(11)12)2-1-3-9;1-5(2,3)4/h2*3-6,8,11,13-14,19-20,23H,1,7,9-10,12H2,2H3;4H,1-3,9-10H2,(H,11,12);(H2,1,2,3,4)/t2*13-,14-,19-,20+;;/m00../s1. The summed E-state index contributed by atoms with van der Waals surface area (Å²) in [5, 5.41) is 32.6. The van der Waals surface area contributed by atoms with Crippen LogP contribution < -0.4 is 20.9 Å². The van der Waals surface area contributed by atoms with Crippen molar-refractivity contribution < 1.29 is 55.9 Å². The third-order valence-corrected chi connectivity index (χ3v) is 13.2. The average molecular weight is 929 g/mol. The zero-order valence-corrected chi connectivity index (χ0v) is 37.5. The number of ether oxygens (including phenoxy) is 2. The van der Waals surface area contributed by atoms with Gasteiger partial charge in [-0.15, -0.1) is 13.2 Å². The number of hydrogen-bond donors (Lipinski definition) is 7. The second kappa shape index (κ2) is 22.7. The zero-order chi connectivity index (χ0) is 47.6. The Kier molecular flexibility index (Phi) is 17.9. The van der Waals surface area contributed by atoms with Gasteiger partial charge < -0.3 is 36.3 Å². The monoisotopic (exact) mass is 928 g/mol. The van der Waals surface area contributed by atoms with Crippen LogP contribution in [0.5, 0.6) is 11.5 Å². The summed E-state index contributed by atoms with van der Waals surface area (Å²) in [5.74, 6) is 2.32. The van der Waals surface area contributed by atoms with E-state index < -0.39 is 40.5 Å². The highest BCUT2D eigenvalue weighted by Crippen LogP contribution is 2.44. The molecule has 11 atom stereocenters. The lowest BCUT2D eigenvalue weighted by Crippen LogP contribution is -2.54. The molecule has 3 unspecified atom stereocenters. The summed E-state index contributed by atoms with van der Waals surface area (Å²) < 4.78 is 66.5. The number of aliphatic carboxylic acids is 1. The molecule has 6 fully saturated rings. The van der Waals surface area contributed by atoms with Gasteiger partial charge in [-0.2, -0.15) is 8.42 Å². The highest BCUT2D eigenvalue weighted by Gasteiger charge is 2.44. The lowest BCUT2D eigenvalue weighted by molar-refractivity contribution is -0.150. The summed E-state index contributed by atoms with van der Waals surface area (Å²) in [5.41, 5.74) is 11.3. The van der Waals surface area contributed by atoms with E-state index in [2.05, 4.69) is 45.1 Å². The van der Waals surface area contributed by atoms with E-state index >= 15 is 0 Å². The Morgan fingerprint density at radius 1 is 0.846 bits per heavy atom. The molecule has 8 heterocycles. The van der Waals surface area contributed by atoms with E-state index in [-0.39, 0.29) is 31.5 Å². The predicted octanol–water partition coefficient (Wildman–Crippen LogP) is 5.47. The lowest BCUT2D eigenvalue weighted by atomic mass is 9.73. The summed E-state index contributed by atoms with van der Waals surface area (Å²) in [7, 11) is -1.34. The fourth-order valence-electron chi connectivity index (χ4n) is 9.59. The molecule has 4 bridgehead atoms. The number of fused-ring (bicyclic) bond motifs is 8. The Bertz CT molecular complexity index is 2230. The van der Waals surface area contributed by atoms with Gasteiger partial charge in [-0.05, 0) is 141 Å². The van der Waals surface area contributed by atoms with Gasteiger partial charge >= 0.3 is 16.4 Å². The fourth-order valence-corrected chi connectivity index (χ4v) is 9.59. The van der Waals surface area contributed by atoms with Crippen molar-refractivity contribution >= 4 is 38.2 Å². The quantitative estimate of drug-likeness (QED) is 0.0649. The van der Waals surface area contributed by atoms with E-state index in [1.54, 1.807) is 26.6 Å². The fraction of sp³-hybridized carbons (Fsp3) is 0.500. The molecule has 16 nitrogen and oxygen atoms in total. The van der Waals surface area contributed by atoms with Gasteiger partial charge in [-0.25, -0.2) is 13.6 Å². The molecule has 19 heteroatoms. The van der Waals surface area contributed by atoms with Crippen molar-refractivity contribution in [2.24, 2.45) is 35.1 Å². The molecule has 4 aromatic rings. The van der Waals surface area contributed by atoms with Crippen LogP contribution in [0.3, 0.4) is 0 Å². The van der Waals surface area contributed by atoms with E-state index in [0.29, 0.717) is 23.7 Å². The highest BCUT2D eigenvalue weighted by atomic mass is 32.3. The predicted molar refractivity (Wildman–Crippen MR) is 243 cm³/mol. The van der Waals surface area contributed by atoms with Gasteiger partial charge in [0, 0.05) is 48.3 Å². The number of nitrogens with zero attached hydrogens (tertiary/aromatic N) is 4. The van der Waals surface area contributed by atoms with E-state index in [4.69, 9.17) is 43.6 Å². The first-order valence-electron chi connectivity index (χ1n) is 21.5. The maximum atomic E-state index is 12.1. The van der Waals surface area contributed by atoms with Crippen molar-refractivity contribution in [1.29, 1.82) is 0 Å². The van der Waals surface area contributed by atoms with Crippen LogP contribution in [-0.4, -0.2) is 130 Å². The Morgan fingerprint density at radius 3 is 1.57 bits per heavy atom. The second-order valence-electron chi connectivity index (χ2n) is 16.9. The van der Waals surface area contributed by atoms with Crippen LogP contribution >= 0.6 is 0 Å². The van der Waals surface area contributed by atoms with Gasteiger partial charge in [0.05, 0.1) is 37.5 Å². The number of carbonyl (C=O) groups is 1. The molecular weight excluding hydrogens is 867 g/mol. The Labute approximate surface area is 378 Å². The summed E-state index contributed by atoms with van der Waals surface area (Å²) in [6, 6.07) is 15.9. The smallest absolute Gasteiger partial charge is 0.394 e. The molecule has 2 aromatic carbocycles. The molecule has 0 aliphatic carbocycles. The van der Waals surface area contributed by atoms with Crippen LogP contribution in [0.4, 0.5) is 8.78 Å². The van der Waals surface area contributed by atoms with E-state index in [1.807, 2.05) is 48.5 Å². The summed E-state index contributed by atoms with van der Waals surface area (Å²) in [6.07, 6.45) is 8.04. The Balaban J connectivity index is 0.000000183. The summed E-state index contributed by atoms with van der Waals surface area (Å²) >= 11 is 0. The highest BCUT2D eigenvalue weighted by molar-refractivity contribution is 7.79. The molecule has 2 aromatic heterocycles. The molecular formula is C46H62F2N6O10S. The van der Waals surface area contributed by atoms with Crippen molar-refractivity contribution in [2.75, 3.05) is 46.9 Å². The normalized spacial score (nSPS) is 26.2. The van der Waals surface area contributed by atoms with Crippen LogP contribution in [-0.2, 0) is 15.2 Å². The number of benzene rings is 2. The van der Waals surface area contributed by atoms with Crippen molar-refractivity contribution in [1.82, 2.24) is 19.8 Å². The maximum Gasteiger partial charge on any atom is 0.394 e. The molecule has 0 radical (unpaired) electrons. The van der Waals surface area contributed by atoms with Crippen LogP contribution in [0, 0.1) is 23.7 Å². The molecule has 6 aliphatic rings.